The minimum absolute atomic E-state index is 0.378. The molecule has 0 aliphatic heterocycles. The molecule has 0 atom stereocenters. The minimum Gasteiger partial charge on any atom is -0.480 e. The van der Waals surface area contributed by atoms with E-state index < -0.39 is 11.7 Å². The number of rotatable bonds is 5. The number of fused-ring (bicyclic) bond motifs is 1. The van der Waals surface area contributed by atoms with Crippen LogP contribution in [0.5, 0.6) is 0 Å². The van der Waals surface area contributed by atoms with Crippen LogP contribution < -0.4 is 5.69 Å². The molecule has 102 valence electrons. The first kappa shape index (κ1) is 13.5. The van der Waals surface area contributed by atoms with E-state index in [-0.39, 0.29) is 6.54 Å². The van der Waals surface area contributed by atoms with Crippen molar-refractivity contribution in [1.82, 2.24) is 9.13 Å². The van der Waals surface area contributed by atoms with Crippen LogP contribution in [0.2, 0.25) is 0 Å². The Morgan fingerprint density at radius 3 is 2.55 bits per heavy atom. The lowest BCUT2D eigenvalue weighted by atomic mass is 10.3. The van der Waals surface area contributed by atoms with E-state index in [2.05, 4.69) is 0 Å². The SMILES string of the molecule is N=C/C=C\C=C\n1c(=O)n(CC(=O)O)c2ccccc21. The molecule has 1 aromatic carbocycles. The van der Waals surface area contributed by atoms with Crippen molar-refractivity contribution in [2.24, 2.45) is 0 Å². The summed E-state index contributed by atoms with van der Waals surface area (Å²) in [7, 11) is 0. The van der Waals surface area contributed by atoms with Crippen molar-refractivity contribution < 1.29 is 9.90 Å². The monoisotopic (exact) mass is 271 g/mol. The molecule has 2 rings (SSSR count). The smallest absolute Gasteiger partial charge is 0.333 e. The number of carboxylic acids is 1. The Kier molecular flexibility index (Phi) is 3.95. The van der Waals surface area contributed by atoms with Crippen molar-refractivity contribution in [2.75, 3.05) is 0 Å². The van der Waals surface area contributed by atoms with Crippen molar-refractivity contribution in [3.8, 4) is 0 Å². The van der Waals surface area contributed by atoms with E-state index in [9.17, 15) is 9.59 Å². The highest BCUT2D eigenvalue weighted by molar-refractivity contribution is 5.80. The summed E-state index contributed by atoms with van der Waals surface area (Å²) in [5.41, 5.74) is 0.798. The number of aliphatic carboxylic acids is 1. The molecule has 0 radical (unpaired) electrons. The third-order valence-corrected chi connectivity index (χ3v) is 2.72. The van der Waals surface area contributed by atoms with Crippen LogP contribution in [0.1, 0.15) is 0 Å². The van der Waals surface area contributed by atoms with Crippen molar-refractivity contribution in [2.45, 2.75) is 6.54 Å². The molecule has 2 aromatic rings. The van der Waals surface area contributed by atoms with Crippen LogP contribution >= 0.6 is 0 Å². The second-order valence-electron chi connectivity index (χ2n) is 4.01. The molecule has 6 heteroatoms. The standard InChI is InChI=1S/C14H13N3O3/c15-8-4-1-5-9-16-11-6-2-3-7-12(11)17(14(16)20)10-13(18)19/h1-9,15H,10H2,(H,18,19)/b4-1-,9-5+,15-8?. The van der Waals surface area contributed by atoms with E-state index in [4.69, 9.17) is 10.5 Å². The molecule has 0 unspecified atom stereocenters. The van der Waals surface area contributed by atoms with E-state index in [1.807, 2.05) is 0 Å². The molecule has 0 aliphatic carbocycles. The second-order valence-corrected chi connectivity index (χ2v) is 4.01. The predicted molar refractivity (Wildman–Crippen MR) is 77.1 cm³/mol. The summed E-state index contributed by atoms with van der Waals surface area (Å²) in [5.74, 6) is -1.07. The first-order chi connectivity index (χ1) is 9.65. The highest BCUT2D eigenvalue weighted by Crippen LogP contribution is 2.12. The van der Waals surface area contributed by atoms with Crippen LogP contribution in [0, 0.1) is 5.41 Å². The van der Waals surface area contributed by atoms with Crippen molar-refractivity contribution in [3.05, 3.63) is 53.0 Å². The molecule has 6 nitrogen and oxygen atoms in total. The molecule has 0 amide bonds. The van der Waals surface area contributed by atoms with E-state index in [0.29, 0.717) is 11.0 Å². The molecule has 2 N–H and O–H groups in total. The fraction of sp³-hybridized carbons (Fsp3) is 0.0714. The number of aromatic nitrogens is 2. The van der Waals surface area contributed by atoms with Gasteiger partial charge in [-0.1, -0.05) is 18.2 Å². The molecule has 1 aromatic heterocycles. The molecular formula is C14H13N3O3. The van der Waals surface area contributed by atoms with Crippen LogP contribution in [-0.4, -0.2) is 26.4 Å². The maximum Gasteiger partial charge on any atom is 0.333 e. The highest BCUT2D eigenvalue weighted by atomic mass is 16.4. The average Bonchev–Trinajstić information content (AvgIpc) is 2.68. The molecule has 0 aliphatic rings. The van der Waals surface area contributed by atoms with Gasteiger partial charge in [-0.05, 0) is 24.3 Å². The van der Waals surface area contributed by atoms with Crippen molar-refractivity contribution in [3.63, 3.8) is 0 Å². The Morgan fingerprint density at radius 1 is 1.20 bits per heavy atom. The summed E-state index contributed by atoms with van der Waals surface area (Å²) < 4.78 is 2.59. The molecular weight excluding hydrogens is 258 g/mol. The fourth-order valence-electron chi connectivity index (χ4n) is 1.92. The second kappa shape index (κ2) is 5.83. The molecule has 0 saturated carbocycles. The number of carbonyl (C=O) groups is 1. The summed E-state index contributed by atoms with van der Waals surface area (Å²) in [6.45, 7) is -0.378. The van der Waals surface area contributed by atoms with Gasteiger partial charge in [-0.25, -0.2) is 4.79 Å². The van der Waals surface area contributed by atoms with Crippen LogP contribution in [0.3, 0.4) is 0 Å². The van der Waals surface area contributed by atoms with E-state index in [1.54, 1.807) is 42.6 Å². The third-order valence-electron chi connectivity index (χ3n) is 2.72. The van der Waals surface area contributed by atoms with Gasteiger partial charge in [0.15, 0.2) is 0 Å². The van der Waals surface area contributed by atoms with Crippen molar-refractivity contribution in [1.29, 1.82) is 5.41 Å². The Labute approximate surface area is 114 Å². The first-order valence-corrected chi connectivity index (χ1v) is 5.90. The number of para-hydroxylation sites is 2. The normalized spacial score (nSPS) is 11.6. The van der Waals surface area contributed by atoms with Gasteiger partial charge >= 0.3 is 11.7 Å². The van der Waals surface area contributed by atoms with Gasteiger partial charge in [-0.2, -0.15) is 0 Å². The van der Waals surface area contributed by atoms with Gasteiger partial charge in [-0.3, -0.25) is 13.9 Å². The number of allylic oxidation sites excluding steroid dienone is 3. The Morgan fingerprint density at radius 2 is 1.90 bits per heavy atom. The number of nitrogens with zero attached hydrogens (tertiary/aromatic N) is 2. The van der Waals surface area contributed by atoms with Crippen molar-refractivity contribution >= 4 is 29.4 Å². The van der Waals surface area contributed by atoms with Gasteiger partial charge in [0.2, 0.25) is 0 Å². The number of carboxylic acid groups (broad SMARTS) is 1. The molecule has 20 heavy (non-hydrogen) atoms. The van der Waals surface area contributed by atoms with E-state index in [0.717, 1.165) is 6.21 Å². The predicted octanol–water partition coefficient (Wildman–Crippen LogP) is 1.56. The third kappa shape index (κ3) is 2.59. The molecule has 0 bridgehead atoms. The highest BCUT2D eigenvalue weighted by Gasteiger charge is 2.12. The van der Waals surface area contributed by atoms with Crippen LogP contribution in [0.4, 0.5) is 0 Å². The minimum atomic E-state index is -1.07. The molecule has 1 heterocycles. The maximum atomic E-state index is 12.2. The number of benzene rings is 1. The Balaban J connectivity index is 2.59. The lowest BCUT2D eigenvalue weighted by molar-refractivity contribution is -0.137. The van der Waals surface area contributed by atoms with Crippen LogP contribution in [-0.2, 0) is 11.3 Å². The average molecular weight is 271 g/mol. The first-order valence-electron chi connectivity index (χ1n) is 5.90. The van der Waals surface area contributed by atoms with Crippen LogP contribution in [0.25, 0.3) is 17.2 Å². The number of hydrogen-bond acceptors (Lipinski definition) is 3. The van der Waals surface area contributed by atoms with Gasteiger partial charge < -0.3 is 10.5 Å². The zero-order valence-electron chi connectivity index (χ0n) is 10.6. The number of hydrogen-bond donors (Lipinski definition) is 2. The summed E-state index contributed by atoms with van der Waals surface area (Å²) in [4.78, 5) is 23.1. The lowest BCUT2D eigenvalue weighted by Gasteiger charge is -1.96. The lowest BCUT2D eigenvalue weighted by Crippen LogP contribution is -2.24. The number of imidazole rings is 1. The fourth-order valence-corrected chi connectivity index (χ4v) is 1.92. The number of nitrogens with one attached hydrogen (secondary N) is 1. The molecule has 0 saturated heterocycles. The quantitative estimate of drug-likeness (QED) is 0.639. The summed E-state index contributed by atoms with van der Waals surface area (Å²) in [6, 6.07) is 6.99. The van der Waals surface area contributed by atoms with Gasteiger partial charge in [-0.15, -0.1) is 0 Å². The van der Waals surface area contributed by atoms with E-state index in [1.165, 1.54) is 15.2 Å². The van der Waals surface area contributed by atoms with E-state index >= 15 is 0 Å². The zero-order chi connectivity index (χ0) is 14.5. The summed E-state index contributed by atoms with van der Waals surface area (Å²) >= 11 is 0. The van der Waals surface area contributed by atoms with Crippen LogP contribution in [0.15, 0.2) is 47.3 Å². The molecule has 0 fully saturated rings. The summed E-state index contributed by atoms with van der Waals surface area (Å²) in [6.07, 6.45) is 7.41. The zero-order valence-corrected chi connectivity index (χ0v) is 10.6. The Hall–Kier alpha value is -2.89. The summed E-state index contributed by atoms with van der Waals surface area (Å²) in [5, 5.41) is 15.7. The largest absolute Gasteiger partial charge is 0.480 e. The Bertz CT molecular complexity index is 766. The molecule has 0 spiro atoms. The maximum absolute atomic E-state index is 12.2. The van der Waals surface area contributed by atoms with Gasteiger partial charge in [0.05, 0.1) is 11.0 Å². The van der Waals surface area contributed by atoms with Gasteiger partial charge in [0, 0.05) is 12.4 Å². The van der Waals surface area contributed by atoms with Gasteiger partial charge in [0.25, 0.3) is 0 Å². The van der Waals surface area contributed by atoms with Gasteiger partial charge in [0.1, 0.15) is 6.54 Å². The topological polar surface area (TPSA) is 88.1 Å².